The molecule has 0 aromatic carbocycles. The first kappa shape index (κ1) is 29.3. The molecule has 43 heavy (non-hydrogen) atoms. The van der Waals surface area contributed by atoms with E-state index in [4.69, 9.17) is 0 Å². The SMILES string of the molecule is C[C@@]1(O)CC[C@H]2[C@H](CC[C@@H]3[C@@H]2CC[C@]2(C)[C@@H](C(=O)Cn4nnn(CC5CC5)c4=O)CC[C@@H]32)C1.O=C1CN=NN1CC1CC1. The summed E-state index contributed by atoms with van der Waals surface area (Å²) < 4.78 is 2.74. The lowest BCUT2D eigenvalue weighted by Gasteiger charge is -2.56. The average molecular weight is 596 g/mol. The second-order valence-electron chi connectivity index (χ2n) is 15.7. The van der Waals surface area contributed by atoms with E-state index in [1.165, 1.54) is 52.9 Å². The summed E-state index contributed by atoms with van der Waals surface area (Å²) in [4.78, 5) is 37.0. The monoisotopic (exact) mass is 595 g/mol. The zero-order chi connectivity index (χ0) is 29.9. The van der Waals surface area contributed by atoms with Gasteiger partial charge in [-0.25, -0.2) is 9.80 Å². The van der Waals surface area contributed by atoms with Crippen LogP contribution in [0, 0.1) is 52.8 Å². The molecule has 1 aromatic rings. The first-order chi connectivity index (χ1) is 20.6. The predicted molar refractivity (Wildman–Crippen MR) is 157 cm³/mol. The quantitative estimate of drug-likeness (QED) is 0.505. The molecule has 7 aliphatic rings. The highest BCUT2D eigenvalue weighted by atomic mass is 16.3. The van der Waals surface area contributed by atoms with Crippen molar-refractivity contribution in [2.45, 2.75) is 116 Å². The summed E-state index contributed by atoms with van der Waals surface area (Å²) in [5, 5.41) is 27.5. The van der Waals surface area contributed by atoms with Gasteiger partial charge < -0.3 is 5.11 Å². The number of hydrogen-bond donors (Lipinski definition) is 1. The highest BCUT2D eigenvalue weighted by Gasteiger charge is 2.58. The van der Waals surface area contributed by atoms with Crippen LogP contribution >= 0.6 is 0 Å². The van der Waals surface area contributed by atoms with E-state index in [-0.39, 0.29) is 41.8 Å². The Balaban J connectivity index is 0.000000253. The van der Waals surface area contributed by atoms with Gasteiger partial charge in [0.15, 0.2) is 5.78 Å². The molecule has 8 rings (SSSR count). The van der Waals surface area contributed by atoms with Gasteiger partial charge in [-0.05, 0) is 148 Å². The molecule has 1 amide bonds. The largest absolute Gasteiger partial charge is 0.390 e. The fourth-order valence-corrected chi connectivity index (χ4v) is 9.92. The van der Waals surface area contributed by atoms with E-state index in [2.05, 4.69) is 27.7 Å². The standard InChI is InChI=1S/C26H40N4O3.C6H9N3O/c1-25(33)11-9-18-17(13-25)5-6-20-19(18)10-12-26(2)21(20)7-8-22(26)23(31)15-30-24(32)29(27-28-30)14-16-3-4-16;10-6-3-7-8-9(6)4-5-1-2-5/h16-22,33H,3-15H2,1-2H3;5H,1-4H2/t17-,18+,19-,20-,21+,22-,25-,26+;/m1./s1. The molecule has 0 saturated heterocycles. The Bertz CT molecular complexity index is 1310. The molecule has 0 unspecified atom stereocenters. The van der Waals surface area contributed by atoms with Gasteiger partial charge in [0.1, 0.15) is 13.1 Å². The first-order valence-corrected chi connectivity index (χ1v) is 17.0. The molecule has 236 valence electrons. The molecule has 6 aliphatic carbocycles. The van der Waals surface area contributed by atoms with Crippen LogP contribution in [0.2, 0.25) is 0 Å². The Labute approximate surface area is 253 Å². The molecule has 1 aliphatic heterocycles. The third-order valence-corrected chi connectivity index (χ3v) is 12.5. The fraction of sp³-hybridized carbons (Fsp3) is 0.906. The Morgan fingerprint density at radius 2 is 1.56 bits per heavy atom. The van der Waals surface area contributed by atoms with Gasteiger partial charge in [-0.2, -0.15) is 14.5 Å². The minimum absolute atomic E-state index is 0.0359. The number of nitrogens with zero attached hydrogens (tertiary/aromatic N) is 7. The van der Waals surface area contributed by atoms with Crippen molar-refractivity contribution in [2.75, 3.05) is 13.1 Å². The van der Waals surface area contributed by atoms with Crippen molar-refractivity contribution in [1.82, 2.24) is 24.8 Å². The summed E-state index contributed by atoms with van der Waals surface area (Å²) in [7, 11) is 0. The molecule has 2 heterocycles. The summed E-state index contributed by atoms with van der Waals surface area (Å²) in [6.07, 6.45) is 14.8. The zero-order valence-corrected chi connectivity index (χ0v) is 25.9. The average Bonchev–Trinajstić information content (AvgIpc) is 3.87. The zero-order valence-electron chi connectivity index (χ0n) is 25.9. The summed E-state index contributed by atoms with van der Waals surface area (Å²) in [6.45, 7) is 6.15. The lowest BCUT2D eigenvalue weighted by molar-refractivity contribution is -0.133. The van der Waals surface area contributed by atoms with E-state index in [9.17, 15) is 19.5 Å². The second kappa shape index (κ2) is 11.2. The number of tetrazole rings is 1. The van der Waals surface area contributed by atoms with Crippen molar-refractivity contribution in [2.24, 2.45) is 63.1 Å². The second-order valence-corrected chi connectivity index (χ2v) is 15.7. The lowest BCUT2D eigenvalue weighted by Crippen LogP contribution is -2.51. The van der Waals surface area contributed by atoms with E-state index in [1.807, 2.05) is 6.92 Å². The van der Waals surface area contributed by atoms with Gasteiger partial charge in [-0.3, -0.25) is 9.59 Å². The molecule has 0 bridgehead atoms. The minimum atomic E-state index is -0.472. The van der Waals surface area contributed by atoms with E-state index in [0.29, 0.717) is 30.2 Å². The molecule has 6 saturated carbocycles. The number of Topliss-reactive ketones (excluding diaryl/α,β-unsaturated/α-hetero) is 1. The maximum atomic E-state index is 13.5. The number of ketones is 1. The molecule has 11 heteroatoms. The molecule has 1 N–H and O–H groups in total. The van der Waals surface area contributed by atoms with E-state index in [1.54, 1.807) is 0 Å². The Morgan fingerprint density at radius 1 is 0.837 bits per heavy atom. The number of amides is 1. The molecular weight excluding hydrogens is 546 g/mol. The summed E-state index contributed by atoms with van der Waals surface area (Å²) in [6, 6.07) is 0. The van der Waals surface area contributed by atoms with Crippen LogP contribution in [0.4, 0.5) is 0 Å². The first-order valence-electron chi connectivity index (χ1n) is 17.0. The Hall–Kier alpha value is -2.43. The molecular formula is C32H49N7O4. The minimum Gasteiger partial charge on any atom is -0.390 e. The van der Waals surface area contributed by atoms with Crippen molar-refractivity contribution in [1.29, 1.82) is 0 Å². The summed E-state index contributed by atoms with van der Waals surface area (Å²) in [5.41, 5.74) is -0.648. The summed E-state index contributed by atoms with van der Waals surface area (Å²) in [5.74, 6) is 5.11. The van der Waals surface area contributed by atoms with Gasteiger partial charge in [-0.15, -0.1) is 0 Å². The van der Waals surface area contributed by atoms with E-state index >= 15 is 0 Å². The van der Waals surface area contributed by atoms with Crippen LogP contribution in [0.1, 0.15) is 97.3 Å². The molecule has 6 fully saturated rings. The van der Waals surface area contributed by atoms with Crippen LogP contribution in [0.3, 0.4) is 0 Å². The smallest absolute Gasteiger partial charge is 0.364 e. The van der Waals surface area contributed by atoms with Crippen LogP contribution in [0.5, 0.6) is 0 Å². The van der Waals surface area contributed by atoms with Gasteiger partial charge in [0.05, 0.1) is 12.1 Å². The third-order valence-electron chi connectivity index (χ3n) is 12.5. The van der Waals surface area contributed by atoms with Crippen LogP contribution in [0.25, 0.3) is 0 Å². The summed E-state index contributed by atoms with van der Waals surface area (Å²) >= 11 is 0. The molecule has 1 aromatic heterocycles. The molecule has 0 spiro atoms. The van der Waals surface area contributed by atoms with Gasteiger partial charge in [0, 0.05) is 12.5 Å². The van der Waals surface area contributed by atoms with Gasteiger partial charge >= 0.3 is 5.69 Å². The molecule has 11 nitrogen and oxygen atoms in total. The number of fused-ring (bicyclic) bond motifs is 5. The maximum Gasteiger partial charge on any atom is 0.364 e. The topological polar surface area (TPSA) is 135 Å². The number of aromatic nitrogens is 4. The third kappa shape index (κ3) is 5.87. The van der Waals surface area contributed by atoms with Gasteiger partial charge in [0.2, 0.25) is 0 Å². The number of aliphatic hydroxyl groups is 1. The predicted octanol–water partition coefficient (Wildman–Crippen LogP) is 4.04. The van der Waals surface area contributed by atoms with Crippen molar-refractivity contribution in [3.05, 3.63) is 10.5 Å². The number of hydrogen-bond acceptors (Lipinski definition) is 8. The van der Waals surface area contributed by atoms with Crippen molar-refractivity contribution in [3.63, 3.8) is 0 Å². The van der Waals surface area contributed by atoms with Crippen LogP contribution < -0.4 is 5.69 Å². The van der Waals surface area contributed by atoms with Crippen molar-refractivity contribution < 1.29 is 14.7 Å². The lowest BCUT2D eigenvalue weighted by atomic mass is 9.49. The molecule has 0 radical (unpaired) electrons. The number of carbonyl (C=O) groups is 2. The highest BCUT2D eigenvalue weighted by Crippen LogP contribution is 2.64. The normalized spacial score (nSPS) is 40.0. The van der Waals surface area contributed by atoms with Gasteiger partial charge in [0.25, 0.3) is 5.91 Å². The molecule has 8 atom stereocenters. The fourth-order valence-electron chi connectivity index (χ4n) is 9.92. The van der Waals surface area contributed by atoms with Crippen molar-refractivity contribution in [3.8, 4) is 0 Å². The highest BCUT2D eigenvalue weighted by molar-refractivity contribution is 5.82. The Morgan fingerprint density at radius 3 is 2.28 bits per heavy atom. The van der Waals surface area contributed by atoms with Crippen LogP contribution in [0.15, 0.2) is 15.1 Å². The van der Waals surface area contributed by atoms with Gasteiger partial charge in [-0.1, -0.05) is 12.1 Å². The van der Waals surface area contributed by atoms with Crippen molar-refractivity contribution >= 4 is 11.7 Å². The van der Waals surface area contributed by atoms with E-state index < -0.39 is 5.60 Å². The number of carbonyl (C=O) groups excluding carboxylic acids is 2. The number of rotatable bonds is 7. The van der Waals surface area contributed by atoms with Crippen LogP contribution in [-0.4, -0.2) is 60.3 Å². The van der Waals surface area contributed by atoms with E-state index in [0.717, 1.165) is 69.2 Å². The Kier molecular flexibility index (Phi) is 7.61. The van der Waals surface area contributed by atoms with Crippen LogP contribution in [-0.2, 0) is 22.7 Å². The maximum absolute atomic E-state index is 13.5.